The van der Waals surface area contributed by atoms with Gasteiger partial charge in [0.1, 0.15) is 122 Å². The molecule has 0 unspecified atom stereocenters. The third-order valence-corrected chi connectivity index (χ3v) is 15.5. The molecule has 0 bridgehead atoms. The van der Waals surface area contributed by atoms with Crippen molar-refractivity contribution in [2.45, 2.75) is 265 Å². The maximum Gasteiger partial charge on any atom is 0.187 e. The van der Waals surface area contributed by atoms with Gasteiger partial charge in [-0.15, -0.1) is 0 Å². The summed E-state index contributed by atoms with van der Waals surface area (Å²) in [6, 6.07) is 0. The summed E-state index contributed by atoms with van der Waals surface area (Å²) in [4.78, 5) is 0. The Bertz CT molecular complexity index is 1890. The Morgan fingerprint density at radius 2 is 0.747 bits per heavy atom. The highest BCUT2D eigenvalue weighted by Crippen LogP contribution is 2.37. The lowest BCUT2D eigenvalue weighted by molar-refractivity contribution is -0.390. The highest BCUT2D eigenvalue weighted by molar-refractivity contribution is 5.05. The molecule has 460 valence electrons. The molecule has 0 aromatic heterocycles. The van der Waals surface area contributed by atoms with E-state index in [0.717, 1.165) is 24.0 Å². The van der Waals surface area contributed by atoms with Gasteiger partial charge in [-0.1, -0.05) is 30.2 Å². The van der Waals surface area contributed by atoms with Crippen LogP contribution in [0.3, 0.4) is 0 Å². The monoisotopic (exact) mass is 1150 g/mol. The Balaban J connectivity index is 1.04. The van der Waals surface area contributed by atoms with Gasteiger partial charge < -0.3 is 139 Å². The van der Waals surface area contributed by atoms with Crippen molar-refractivity contribution in [1.29, 1.82) is 0 Å². The van der Waals surface area contributed by atoms with E-state index in [4.69, 9.17) is 56.8 Å². The maximum absolute atomic E-state index is 11.4. The Hall–Kier alpha value is -1.64. The number of aliphatic hydroxyl groups excluding tert-OH is 16. The van der Waals surface area contributed by atoms with Crippen molar-refractivity contribution >= 4 is 0 Å². The molecule has 0 spiro atoms. The SMILES string of the molecule is C/C(=C\CO[C@@H]1O[C@H](CO)[C@@H](O)[C@H](O[C@@H]2O[C@@H](C)[C@H](O)[C@@H](O)[C@H]2O)[C@H]1O[C@H]1O[C@H](C)[C@@H](O)[C@H](O)[C@@H]1O)CC/C=C(\C)CCC[C@H](C)CO[C@@H]1O[C@H](CO)[C@@H](O)[C@H](O[C@@H]2O[C@@H](C)[C@H](O)[C@@H](O)[C@H]2O)[C@H]1O[C@H]1O[C@H](C)[C@@H](O)[C@H](O)[C@@H]1O. The first-order valence-electron chi connectivity index (χ1n) is 27.1. The second kappa shape index (κ2) is 29.9. The first kappa shape index (κ1) is 66.5. The van der Waals surface area contributed by atoms with E-state index in [-0.39, 0.29) is 19.1 Å². The molecule has 6 saturated heterocycles. The molecular weight excluding hydrogens is 1060 g/mol. The molecule has 6 heterocycles. The van der Waals surface area contributed by atoms with Crippen molar-refractivity contribution in [3.63, 3.8) is 0 Å². The van der Waals surface area contributed by atoms with Gasteiger partial charge in [-0.05, 0) is 79.6 Å². The van der Waals surface area contributed by atoms with Crippen LogP contribution >= 0.6 is 0 Å². The Morgan fingerprint density at radius 1 is 0.405 bits per heavy atom. The Labute approximate surface area is 458 Å². The molecule has 6 rings (SSSR count). The van der Waals surface area contributed by atoms with Crippen molar-refractivity contribution in [1.82, 2.24) is 0 Å². The summed E-state index contributed by atoms with van der Waals surface area (Å²) in [5.74, 6) is -0.104. The number of aliphatic hydroxyl groups is 16. The molecule has 28 nitrogen and oxygen atoms in total. The number of ether oxygens (including phenoxy) is 12. The normalized spacial score (nSPS) is 48.0. The van der Waals surface area contributed by atoms with Gasteiger partial charge in [0.2, 0.25) is 0 Å². The number of hydrogen-bond acceptors (Lipinski definition) is 28. The topological polar surface area (TPSA) is 434 Å². The van der Waals surface area contributed by atoms with Crippen LogP contribution < -0.4 is 0 Å². The fraction of sp³-hybridized carbons (Fsp3) is 0.922. The molecule has 28 heteroatoms. The van der Waals surface area contributed by atoms with Gasteiger partial charge in [0.25, 0.3) is 0 Å². The smallest absolute Gasteiger partial charge is 0.187 e. The van der Waals surface area contributed by atoms with Gasteiger partial charge in [-0.3, -0.25) is 0 Å². The van der Waals surface area contributed by atoms with Crippen LogP contribution in [0.25, 0.3) is 0 Å². The molecule has 6 aliphatic heterocycles. The second-order valence-corrected chi connectivity index (χ2v) is 21.9. The molecule has 0 amide bonds. The standard InChI is InChI=1S/C51H88O28/c1-19(11-9-13-21(3)18-69-51-45(79-49-41(67)37(63)31(57)25(7)73-49)43(33(59)27(17-53)75-51)77-47-39(65)35(61)29(55)23(5)71-47)10-8-12-20(2)14-15-68-50-44(78-48-40(66)36(62)30(56)24(6)72-48)42(32(58)26(16-52)74-50)76-46-38(64)34(60)28(54)22(4)70-46/h10,14,21-67H,8-9,11-13,15-18H2,1-7H3/b19-10+,20-14+/t21-,22-,23-,24+,25+,26+,27+,28-,29-,30+,31+,32+,33+,34+,35+,36-,37-,38+,39+,40-,41-,42-,43-,44+,45+,46-,47-,48+,49+,50+,51+/m0/s1. The molecule has 16 N–H and O–H groups in total. The molecule has 0 radical (unpaired) electrons. The lowest BCUT2D eigenvalue weighted by Gasteiger charge is -2.48. The highest BCUT2D eigenvalue weighted by Gasteiger charge is 2.56. The summed E-state index contributed by atoms with van der Waals surface area (Å²) in [5.41, 5.74) is 2.01. The van der Waals surface area contributed by atoms with E-state index in [2.05, 4.69) is 6.08 Å². The van der Waals surface area contributed by atoms with E-state index in [1.54, 1.807) is 6.08 Å². The zero-order chi connectivity index (χ0) is 58.3. The minimum Gasteiger partial charge on any atom is -0.394 e. The van der Waals surface area contributed by atoms with Crippen LogP contribution in [0, 0.1) is 5.92 Å². The summed E-state index contributed by atoms with van der Waals surface area (Å²) >= 11 is 0. The zero-order valence-electron chi connectivity index (χ0n) is 45.5. The molecule has 0 aliphatic carbocycles. The van der Waals surface area contributed by atoms with E-state index in [9.17, 15) is 81.7 Å². The van der Waals surface area contributed by atoms with Crippen LogP contribution in [0.1, 0.15) is 80.6 Å². The molecule has 0 saturated carbocycles. The maximum atomic E-state index is 11.4. The average molecular weight is 1150 g/mol. The molecular formula is C51H88O28. The Kier molecular flexibility index (Phi) is 25.2. The molecule has 0 aromatic carbocycles. The molecule has 31 atom stereocenters. The van der Waals surface area contributed by atoms with Crippen LogP contribution in [0.15, 0.2) is 23.3 Å². The second-order valence-electron chi connectivity index (χ2n) is 21.9. The number of rotatable bonds is 23. The zero-order valence-corrected chi connectivity index (χ0v) is 45.5. The number of allylic oxidation sites excluding steroid dienone is 3. The summed E-state index contributed by atoms with van der Waals surface area (Å²) in [6.07, 6.45) is -38.3. The van der Waals surface area contributed by atoms with Crippen LogP contribution in [0.5, 0.6) is 0 Å². The average Bonchev–Trinajstić information content (AvgIpc) is 3.50. The Morgan fingerprint density at radius 3 is 1.11 bits per heavy atom. The van der Waals surface area contributed by atoms with Gasteiger partial charge in [-0.2, -0.15) is 0 Å². The van der Waals surface area contributed by atoms with Gasteiger partial charge in [0, 0.05) is 0 Å². The van der Waals surface area contributed by atoms with Gasteiger partial charge >= 0.3 is 0 Å². The third kappa shape index (κ3) is 16.2. The molecule has 0 aromatic rings. The summed E-state index contributed by atoms with van der Waals surface area (Å²) in [7, 11) is 0. The van der Waals surface area contributed by atoms with Crippen LogP contribution in [-0.4, -0.2) is 292 Å². The van der Waals surface area contributed by atoms with Gasteiger partial charge in [0.05, 0.1) is 50.8 Å². The highest BCUT2D eigenvalue weighted by atomic mass is 16.8. The first-order chi connectivity index (χ1) is 37.3. The first-order valence-corrected chi connectivity index (χ1v) is 27.1. The van der Waals surface area contributed by atoms with Crippen molar-refractivity contribution in [2.24, 2.45) is 5.92 Å². The summed E-state index contributed by atoms with van der Waals surface area (Å²) < 4.78 is 70.9. The molecule has 6 fully saturated rings. The predicted molar refractivity (Wildman–Crippen MR) is 264 cm³/mol. The molecule has 79 heavy (non-hydrogen) atoms. The minimum atomic E-state index is -1.80. The van der Waals surface area contributed by atoms with Crippen molar-refractivity contribution in [2.75, 3.05) is 26.4 Å². The van der Waals surface area contributed by atoms with Gasteiger partial charge in [0.15, 0.2) is 37.7 Å². The predicted octanol–water partition coefficient (Wildman–Crippen LogP) is -5.49. The minimum absolute atomic E-state index is 0.0551. The van der Waals surface area contributed by atoms with E-state index in [1.165, 1.54) is 27.7 Å². The summed E-state index contributed by atoms with van der Waals surface area (Å²) in [5, 5.41) is 170. The largest absolute Gasteiger partial charge is 0.394 e. The van der Waals surface area contributed by atoms with E-state index in [1.807, 2.05) is 20.8 Å². The lowest BCUT2D eigenvalue weighted by Crippen LogP contribution is -2.66. The van der Waals surface area contributed by atoms with Crippen LogP contribution in [0.2, 0.25) is 0 Å². The van der Waals surface area contributed by atoms with Crippen LogP contribution in [-0.2, 0) is 56.8 Å². The van der Waals surface area contributed by atoms with Gasteiger partial charge in [-0.25, -0.2) is 0 Å². The lowest BCUT2D eigenvalue weighted by atomic mass is 9.96. The van der Waals surface area contributed by atoms with Crippen molar-refractivity contribution < 1.29 is 139 Å². The fourth-order valence-electron chi connectivity index (χ4n) is 10.2. The van der Waals surface area contributed by atoms with Crippen molar-refractivity contribution in [3.8, 4) is 0 Å². The van der Waals surface area contributed by atoms with Crippen molar-refractivity contribution in [3.05, 3.63) is 23.3 Å². The molecule has 6 aliphatic rings. The van der Waals surface area contributed by atoms with E-state index >= 15 is 0 Å². The fourth-order valence-corrected chi connectivity index (χ4v) is 10.2. The quantitative estimate of drug-likeness (QED) is 0.0424. The van der Waals surface area contributed by atoms with E-state index in [0.29, 0.717) is 19.3 Å². The van der Waals surface area contributed by atoms with Crippen LogP contribution in [0.4, 0.5) is 0 Å². The summed E-state index contributed by atoms with van der Waals surface area (Å²) in [6.45, 7) is 10.0. The third-order valence-electron chi connectivity index (χ3n) is 15.5. The van der Waals surface area contributed by atoms with E-state index < -0.39 is 197 Å². The number of hydrogen-bond donors (Lipinski definition) is 16.